The lowest BCUT2D eigenvalue weighted by Gasteiger charge is -2.38. The minimum absolute atomic E-state index is 0.113. The Hall–Kier alpha value is -3.92. The fraction of sp³-hybridized carbons (Fsp3) is 0.367. The third-order valence-corrected chi connectivity index (χ3v) is 7.15. The number of halogens is 1. The summed E-state index contributed by atoms with van der Waals surface area (Å²) in [5.41, 5.74) is 5.66. The lowest BCUT2D eigenvalue weighted by molar-refractivity contribution is -0.136. The van der Waals surface area contributed by atoms with Gasteiger partial charge in [-0.3, -0.25) is 9.78 Å². The Bertz CT molecular complexity index is 1310. The average Bonchev–Trinajstić information content (AvgIpc) is 2.88. The van der Waals surface area contributed by atoms with Crippen LogP contribution in [0.1, 0.15) is 42.3 Å². The maximum Gasteiger partial charge on any atom is 0.307 e. The highest BCUT2D eigenvalue weighted by Crippen LogP contribution is 2.41. The van der Waals surface area contributed by atoms with Gasteiger partial charge in [-0.25, -0.2) is 4.39 Å². The van der Waals surface area contributed by atoms with Crippen molar-refractivity contribution in [2.24, 2.45) is 5.41 Å². The number of benzene rings is 2. The zero-order chi connectivity index (χ0) is 26.6. The van der Waals surface area contributed by atoms with Gasteiger partial charge in [0.1, 0.15) is 11.6 Å². The zero-order valence-corrected chi connectivity index (χ0v) is 21.6. The maximum absolute atomic E-state index is 13.1. The van der Waals surface area contributed by atoms with Crippen molar-refractivity contribution in [1.82, 2.24) is 4.98 Å². The third-order valence-electron chi connectivity index (χ3n) is 7.15. The number of carbonyl (C=O) groups is 1. The molecule has 2 aromatic carbocycles. The van der Waals surface area contributed by atoms with Gasteiger partial charge in [0.05, 0.1) is 30.2 Å². The van der Waals surface area contributed by atoms with Crippen LogP contribution in [0, 0.1) is 36.4 Å². The molecule has 0 amide bonds. The van der Waals surface area contributed by atoms with E-state index in [1.54, 1.807) is 12.1 Å². The van der Waals surface area contributed by atoms with Gasteiger partial charge in [-0.2, -0.15) is 5.26 Å². The predicted molar refractivity (Wildman–Crippen MR) is 141 cm³/mol. The lowest BCUT2D eigenvalue weighted by Crippen LogP contribution is -2.39. The van der Waals surface area contributed by atoms with Crippen LogP contribution in [0.4, 0.5) is 10.1 Å². The van der Waals surface area contributed by atoms with Crippen molar-refractivity contribution < 1.29 is 19.0 Å². The number of aromatic nitrogens is 1. The zero-order valence-electron chi connectivity index (χ0n) is 21.6. The van der Waals surface area contributed by atoms with Crippen LogP contribution in [0.3, 0.4) is 0 Å². The molecule has 0 bridgehead atoms. The first-order valence-corrected chi connectivity index (χ1v) is 12.5. The molecule has 0 unspecified atom stereocenters. The first kappa shape index (κ1) is 26.2. The van der Waals surface area contributed by atoms with Crippen molar-refractivity contribution in [3.05, 3.63) is 76.9 Å². The van der Waals surface area contributed by atoms with E-state index in [1.807, 2.05) is 45.0 Å². The number of nitriles is 1. The molecule has 7 heteroatoms. The molecule has 1 aromatic heterocycles. The second-order valence-corrected chi connectivity index (χ2v) is 9.96. The van der Waals surface area contributed by atoms with Crippen LogP contribution >= 0.6 is 0 Å². The normalized spacial score (nSPS) is 14.7. The quantitative estimate of drug-likeness (QED) is 0.415. The van der Waals surface area contributed by atoms with Crippen LogP contribution < -0.4 is 9.64 Å². The SMILES string of the molecule is Cc1nc(C)c(-c2ccc(OCCc3ccc(F)cc3)cc2)c(N2CCC(C)(C#N)CC2)c1CC(=O)O. The van der Waals surface area contributed by atoms with Crippen molar-refractivity contribution in [1.29, 1.82) is 5.26 Å². The molecule has 1 N–H and O–H groups in total. The molecule has 192 valence electrons. The number of anilines is 1. The molecule has 3 aromatic rings. The number of pyridine rings is 1. The average molecular weight is 502 g/mol. The van der Waals surface area contributed by atoms with Gasteiger partial charge in [-0.1, -0.05) is 24.3 Å². The summed E-state index contributed by atoms with van der Waals surface area (Å²) in [6, 6.07) is 16.6. The monoisotopic (exact) mass is 501 g/mol. The Kier molecular flexibility index (Phi) is 7.77. The fourth-order valence-corrected chi connectivity index (χ4v) is 4.92. The highest BCUT2D eigenvalue weighted by atomic mass is 19.1. The smallest absolute Gasteiger partial charge is 0.307 e. The van der Waals surface area contributed by atoms with E-state index in [2.05, 4.69) is 11.0 Å². The van der Waals surface area contributed by atoms with Crippen molar-refractivity contribution in [2.75, 3.05) is 24.6 Å². The van der Waals surface area contributed by atoms with Gasteiger partial charge in [0.2, 0.25) is 0 Å². The molecule has 0 aliphatic carbocycles. The Morgan fingerprint density at radius 1 is 1.11 bits per heavy atom. The third kappa shape index (κ3) is 6.08. The van der Waals surface area contributed by atoms with E-state index in [0.717, 1.165) is 46.7 Å². The Labute approximate surface area is 217 Å². The van der Waals surface area contributed by atoms with Gasteiger partial charge < -0.3 is 14.7 Å². The summed E-state index contributed by atoms with van der Waals surface area (Å²) in [6.45, 7) is 7.62. The molecular formula is C30H32FN3O3. The second kappa shape index (κ2) is 11.0. The van der Waals surface area contributed by atoms with E-state index in [4.69, 9.17) is 9.72 Å². The van der Waals surface area contributed by atoms with Gasteiger partial charge in [-0.05, 0) is 69.0 Å². The molecule has 0 atom stereocenters. The van der Waals surface area contributed by atoms with E-state index in [0.29, 0.717) is 37.4 Å². The Morgan fingerprint density at radius 3 is 2.35 bits per heavy atom. The highest BCUT2D eigenvalue weighted by Gasteiger charge is 2.33. The van der Waals surface area contributed by atoms with E-state index >= 15 is 0 Å². The molecule has 2 heterocycles. The molecule has 0 radical (unpaired) electrons. The van der Waals surface area contributed by atoms with Crippen LogP contribution in [0.25, 0.3) is 11.1 Å². The number of hydrogen-bond donors (Lipinski definition) is 1. The lowest BCUT2D eigenvalue weighted by atomic mass is 9.81. The number of carboxylic acids is 1. The summed E-state index contributed by atoms with van der Waals surface area (Å²) in [6.07, 6.45) is 1.99. The van der Waals surface area contributed by atoms with E-state index < -0.39 is 5.97 Å². The molecule has 1 fully saturated rings. The van der Waals surface area contributed by atoms with Crippen molar-refractivity contribution in [2.45, 2.75) is 46.5 Å². The number of carboxylic acid groups (broad SMARTS) is 1. The summed E-state index contributed by atoms with van der Waals surface area (Å²) >= 11 is 0. The highest BCUT2D eigenvalue weighted by molar-refractivity contribution is 5.86. The number of hydrogen-bond acceptors (Lipinski definition) is 5. The Morgan fingerprint density at radius 2 is 1.76 bits per heavy atom. The van der Waals surface area contributed by atoms with Gasteiger partial charge in [0, 0.05) is 42.0 Å². The topological polar surface area (TPSA) is 86.5 Å². The second-order valence-electron chi connectivity index (χ2n) is 9.96. The summed E-state index contributed by atoms with van der Waals surface area (Å²) in [5.74, 6) is -0.431. The molecular weight excluding hydrogens is 469 g/mol. The van der Waals surface area contributed by atoms with Crippen LogP contribution in [0.15, 0.2) is 48.5 Å². The van der Waals surface area contributed by atoms with E-state index in [1.165, 1.54) is 12.1 Å². The number of piperidine rings is 1. The first-order valence-electron chi connectivity index (χ1n) is 12.5. The molecule has 6 nitrogen and oxygen atoms in total. The first-order chi connectivity index (χ1) is 17.7. The minimum Gasteiger partial charge on any atom is -0.493 e. The molecule has 1 saturated heterocycles. The molecule has 37 heavy (non-hydrogen) atoms. The molecule has 1 aliphatic rings. The molecule has 0 saturated carbocycles. The summed E-state index contributed by atoms with van der Waals surface area (Å²) in [7, 11) is 0. The largest absolute Gasteiger partial charge is 0.493 e. The van der Waals surface area contributed by atoms with Crippen molar-refractivity contribution >= 4 is 11.7 Å². The van der Waals surface area contributed by atoms with E-state index in [-0.39, 0.29) is 17.7 Å². The fourth-order valence-electron chi connectivity index (χ4n) is 4.92. The van der Waals surface area contributed by atoms with Crippen molar-refractivity contribution in [3.63, 3.8) is 0 Å². The standard InChI is InChI=1S/C30H32FN3O3/c1-20-26(18-27(35)36)29(34-15-13-30(3,19-32)14-16-34)28(21(2)33-20)23-6-10-25(11-7-23)37-17-12-22-4-8-24(31)9-5-22/h4-11H,12-18H2,1-3H3,(H,35,36). The van der Waals surface area contributed by atoms with Crippen LogP contribution in [-0.2, 0) is 17.6 Å². The van der Waals surface area contributed by atoms with Gasteiger partial charge in [0.25, 0.3) is 0 Å². The van der Waals surface area contributed by atoms with Gasteiger partial charge in [-0.15, -0.1) is 0 Å². The summed E-state index contributed by atoms with van der Waals surface area (Å²) < 4.78 is 19.0. The number of rotatable bonds is 8. The number of aryl methyl sites for hydroxylation is 2. The minimum atomic E-state index is -0.898. The molecule has 1 aliphatic heterocycles. The van der Waals surface area contributed by atoms with Gasteiger partial charge in [0.15, 0.2) is 0 Å². The molecule has 0 spiro atoms. The number of nitrogens with zero attached hydrogens (tertiary/aromatic N) is 3. The Balaban J connectivity index is 1.61. The van der Waals surface area contributed by atoms with Crippen LogP contribution in [-0.4, -0.2) is 35.8 Å². The van der Waals surface area contributed by atoms with Crippen LogP contribution in [0.2, 0.25) is 0 Å². The molecule has 4 rings (SSSR count). The summed E-state index contributed by atoms with van der Waals surface area (Å²) in [4.78, 5) is 18.7. The van der Waals surface area contributed by atoms with Crippen LogP contribution in [0.5, 0.6) is 5.75 Å². The van der Waals surface area contributed by atoms with Crippen molar-refractivity contribution in [3.8, 4) is 22.9 Å². The number of ether oxygens (including phenoxy) is 1. The van der Waals surface area contributed by atoms with Gasteiger partial charge >= 0.3 is 5.97 Å². The maximum atomic E-state index is 13.1. The summed E-state index contributed by atoms with van der Waals surface area (Å²) in [5, 5.41) is 19.2. The number of aliphatic carboxylic acids is 1. The predicted octanol–water partition coefficient (Wildman–Crippen LogP) is 5.88. The van der Waals surface area contributed by atoms with E-state index in [9.17, 15) is 19.6 Å².